The van der Waals surface area contributed by atoms with Crippen LogP contribution < -0.4 is 11.2 Å². The molecule has 0 aliphatic heterocycles. The Labute approximate surface area is 142 Å². The number of nitrogens with zero attached hydrogens (tertiary/aromatic N) is 4. The molecule has 0 saturated heterocycles. The Morgan fingerprint density at radius 2 is 1.88 bits per heavy atom. The molecule has 0 aliphatic rings. The summed E-state index contributed by atoms with van der Waals surface area (Å²) >= 11 is 0. The zero-order valence-electron chi connectivity index (χ0n) is 14.0. The molecule has 0 atom stereocenters. The van der Waals surface area contributed by atoms with Crippen LogP contribution >= 0.6 is 0 Å². The first kappa shape index (κ1) is 16.7. The van der Waals surface area contributed by atoms with E-state index in [4.69, 9.17) is 4.74 Å². The zero-order valence-corrected chi connectivity index (χ0v) is 14.0. The van der Waals surface area contributed by atoms with E-state index < -0.39 is 23.8 Å². The Kier molecular flexibility index (Phi) is 4.51. The number of fused-ring (bicyclic) bond motifs is 1. The second-order valence-electron chi connectivity index (χ2n) is 5.72. The molecule has 1 aromatic carbocycles. The lowest BCUT2D eigenvalue weighted by molar-refractivity contribution is -0.144. The maximum absolute atomic E-state index is 12.5. The molecule has 3 rings (SSSR count). The quantitative estimate of drug-likeness (QED) is 0.619. The summed E-state index contributed by atoms with van der Waals surface area (Å²) in [4.78, 5) is 40.9. The van der Waals surface area contributed by atoms with Crippen molar-refractivity contribution in [1.82, 2.24) is 18.7 Å². The SMILES string of the molecule is Cn1cnc2c1c(=O)n(CC(=O)OCCc1ccccc1)c(=O)n2C. The van der Waals surface area contributed by atoms with Crippen LogP contribution in [0.15, 0.2) is 46.2 Å². The van der Waals surface area contributed by atoms with Gasteiger partial charge in [-0.3, -0.25) is 14.2 Å². The van der Waals surface area contributed by atoms with Crippen LogP contribution in [0, 0.1) is 0 Å². The first-order valence-electron chi connectivity index (χ1n) is 7.79. The van der Waals surface area contributed by atoms with Crippen LogP contribution in [0.2, 0.25) is 0 Å². The molecule has 130 valence electrons. The number of imidazole rings is 1. The van der Waals surface area contributed by atoms with Gasteiger partial charge in [-0.25, -0.2) is 14.3 Å². The Morgan fingerprint density at radius 1 is 1.16 bits per heavy atom. The summed E-state index contributed by atoms with van der Waals surface area (Å²) in [5.41, 5.74) is 0.430. The first-order chi connectivity index (χ1) is 12.0. The first-order valence-corrected chi connectivity index (χ1v) is 7.79. The molecule has 0 N–H and O–H groups in total. The Balaban J connectivity index is 1.76. The molecule has 0 saturated carbocycles. The number of hydrogen-bond donors (Lipinski definition) is 0. The minimum absolute atomic E-state index is 0.186. The van der Waals surface area contributed by atoms with Crippen molar-refractivity contribution in [2.75, 3.05) is 6.61 Å². The van der Waals surface area contributed by atoms with E-state index >= 15 is 0 Å². The molecule has 8 heteroatoms. The van der Waals surface area contributed by atoms with E-state index in [9.17, 15) is 14.4 Å². The molecule has 0 bridgehead atoms. The summed E-state index contributed by atoms with van der Waals surface area (Å²) < 4.78 is 8.79. The van der Waals surface area contributed by atoms with E-state index in [1.807, 2.05) is 30.3 Å². The topological polar surface area (TPSA) is 88.1 Å². The Bertz CT molecular complexity index is 1030. The van der Waals surface area contributed by atoms with Crippen LogP contribution in [0.4, 0.5) is 0 Å². The van der Waals surface area contributed by atoms with E-state index in [0.717, 1.165) is 10.1 Å². The van der Waals surface area contributed by atoms with E-state index in [-0.39, 0.29) is 17.8 Å². The van der Waals surface area contributed by atoms with Gasteiger partial charge in [0.05, 0.1) is 12.9 Å². The van der Waals surface area contributed by atoms with E-state index in [0.29, 0.717) is 6.42 Å². The fourth-order valence-electron chi connectivity index (χ4n) is 2.64. The molecule has 8 nitrogen and oxygen atoms in total. The van der Waals surface area contributed by atoms with Gasteiger partial charge in [0.1, 0.15) is 6.54 Å². The molecule has 0 aliphatic carbocycles. The normalized spacial score (nSPS) is 11.0. The van der Waals surface area contributed by atoms with Crippen molar-refractivity contribution < 1.29 is 9.53 Å². The summed E-state index contributed by atoms with van der Waals surface area (Å²) in [6, 6.07) is 9.59. The highest BCUT2D eigenvalue weighted by Crippen LogP contribution is 2.03. The molecular weight excluding hydrogens is 324 g/mol. The van der Waals surface area contributed by atoms with Crippen molar-refractivity contribution in [3.8, 4) is 0 Å². The number of carbonyl (C=O) groups excluding carboxylic acids is 1. The third-order valence-electron chi connectivity index (χ3n) is 3.98. The number of benzene rings is 1. The van der Waals surface area contributed by atoms with Crippen molar-refractivity contribution in [1.29, 1.82) is 0 Å². The van der Waals surface area contributed by atoms with Crippen LogP contribution in [-0.2, 0) is 36.6 Å². The molecule has 0 spiro atoms. The van der Waals surface area contributed by atoms with Crippen LogP contribution in [-0.4, -0.2) is 31.3 Å². The monoisotopic (exact) mass is 342 g/mol. The second-order valence-corrected chi connectivity index (χ2v) is 5.72. The highest BCUT2D eigenvalue weighted by atomic mass is 16.5. The average molecular weight is 342 g/mol. The van der Waals surface area contributed by atoms with E-state index in [1.54, 1.807) is 7.05 Å². The van der Waals surface area contributed by atoms with Crippen LogP contribution in [0.3, 0.4) is 0 Å². The number of ether oxygens (including phenoxy) is 1. The van der Waals surface area contributed by atoms with Gasteiger partial charge in [-0.05, 0) is 5.56 Å². The smallest absolute Gasteiger partial charge is 0.333 e. The third-order valence-corrected chi connectivity index (χ3v) is 3.98. The van der Waals surface area contributed by atoms with Gasteiger partial charge in [0, 0.05) is 20.5 Å². The van der Waals surface area contributed by atoms with Crippen molar-refractivity contribution in [3.05, 3.63) is 63.1 Å². The largest absolute Gasteiger partial charge is 0.464 e. The van der Waals surface area contributed by atoms with E-state index in [2.05, 4.69) is 4.98 Å². The fraction of sp³-hybridized carbons (Fsp3) is 0.294. The van der Waals surface area contributed by atoms with Gasteiger partial charge in [-0.1, -0.05) is 30.3 Å². The molecule has 3 aromatic rings. The number of aromatic nitrogens is 4. The zero-order chi connectivity index (χ0) is 18.0. The summed E-state index contributed by atoms with van der Waals surface area (Å²) in [7, 11) is 3.16. The van der Waals surface area contributed by atoms with Crippen molar-refractivity contribution in [2.45, 2.75) is 13.0 Å². The van der Waals surface area contributed by atoms with E-state index in [1.165, 1.54) is 22.5 Å². The Hall–Kier alpha value is -3.16. The highest BCUT2D eigenvalue weighted by Gasteiger charge is 2.17. The summed E-state index contributed by atoms with van der Waals surface area (Å²) in [6.45, 7) is -0.243. The van der Waals surface area contributed by atoms with Gasteiger partial charge in [0.25, 0.3) is 5.56 Å². The van der Waals surface area contributed by atoms with Crippen LogP contribution in [0.25, 0.3) is 11.2 Å². The number of aryl methyl sites for hydroxylation is 2. The maximum Gasteiger partial charge on any atom is 0.333 e. The van der Waals surface area contributed by atoms with Crippen LogP contribution in [0.5, 0.6) is 0 Å². The van der Waals surface area contributed by atoms with Crippen molar-refractivity contribution in [3.63, 3.8) is 0 Å². The molecule has 2 heterocycles. The lowest BCUT2D eigenvalue weighted by Crippen LogP contribution is -2.41. The second kappa shape index (κ2) is 6.76. The predicted molar refractivity (Wildman–Crippen MR) is 91.3 cm³/mol. The summed E-state index contributed by atoms with van der Waals surface area (Å²) in [5, 5.41) is 0. The third kappa shape index (κ3) is 3.23. The molecule has 0 fully saturated rings. The number of hydrogen-bond acceptors (Lipinski definition) is 5. The van der Waals surface area contributed by atoms with Crippen molar-refractivity contribution >= 4 is 17.1 Å². The summed E-state index contributed by atoms with van der Waals surface area (Å²) in [6.07, 6.45) is 2.02. The molecule has 0 amide bonds. The standard InChI is InChI=1S/C17H18N4O4/c1-19-11-18-15-14(19)16(23)21(17(24)20(15)2)10-13(22)25-9-8-12-6-4-3-5-7-12/h3-7,11H,8-10H2,1-2H3. The molecule has 0 radical (unpaired) electrons. The van der Waals surface area contributed by atoms with Gasteiger partial charge in [-0.2, -0.15) is 0 Å². The fourth-order valence-corrected chi connectivity index (χ4v) is 2.64. The van der Waals surface area contributed by atoms with Gasteiger partial charge in [-0.15, -0.1) is 0 Å². The Morgan fingerprint density at radius 3 is 2.60 bits per heavy atom. The minimum atomic E-state index is -0.628. The van der Waals surface area contributed by atoms with Crippen molar-refractivity contribution in [2.24, 2.45) is 14.1 Å². The highest BCUT2D eigenvalue weighted by molar-refractivity contribution is 5.72. The van der Waals surface area contributed by atoms with Gasteiger partial charge in [0.15, 0.2) is 11.2 Å². The van der Waals surface area contributed by atoms with Gasteiger partial charge >= 0.3 is 11.7 Å². The van der Waals surface area contributed by atoms with Gasteiger partial charge in [0.2, 0.25) is 0 Å². The average Bonchev–Trinajstić information content (AvgIpc) is 3.00. The minimum Gasteiger partial charge on any atom is -0.464 e. The number of carbonyl (C=O) groups is 1. The summed E-state index contributed by atoms with van der Waals surface area (Å²) in [5.74, 6) is -0.628. The molecule has 25 heavy (non-hydrogen) atoms. The number of esters is 1. The van der Waals surface area contributed by atoms with Crippen LogP contribution in [0.1, 0.15) is 5.56 Å². The predicted octanol–water partition coefficient (Wildman–Crippen LogP) is 0.220. The lowest BCUT2D eigenvalue weighted by atomic mass is 10.2. The number of rotatable bonds is 5. The molecule has 2 aromatic heterocycles. The van der Waals surface area contributed by atoms with Gasteiger partial charge < -0.3 is 9.30 Å². The maximum atomic E-state index is 12.5. The molecule has 0 unspecified atom stereocenters. The lowest BCUT2D eigenvalue weighted by Gasteiger charge is -2.09. The molecular formula is C17H18N4O4.